The maximum absolute atomic E-state index is 13.9. The molecule has 42 heavy (non-hydrogen) atoms. The first-order valence-electron chi connectivity index (χ1n) is 14.9. The minimum absolute atomic E-state index is 0.0102. The number of aryl methyl sites for hydroxylation is 1. The molecule has 2 aromatic carbocycles. The largest absolute Gasteiger partial charge is 0.326 e. The molecule has 8 heteroatoms. The second-order valence-corrected chi connectivity index (χ2v) is 12.4. The Bertz CT molecular complexity index is 1510. The van der Waals surface area contributed by atoms with E-state index in [1.54, 1.807) is 29.2 Å². The number of benzene rings is 2. The van der Waals surface area contributed by atoms with Gasteiger partial charge in [-0.25, -0.2) is 9.88 Å². The Morgan fingerprint density at radius 1 is 0.976 bits per heavy atom. The van der Waals surface area contributed by atoms with Crippen molar-refractivity contribution >= 4 is 35.2 Å². The molecule has 1 aromatic heterocycles. The molecule has 1 saturated heterocycles. The highest BCUT2D eigenvalue weighted by atomic mass is 32.2. The molecule has 7 nitrogen and oxygen atoms in total. The summed E-state index contributed by atoms with van der Waals surface area (Å²) in [5, 5.41) is 10.5. The van der Waals surface area contributed by atoms with Crippen LogP contribution in [0.5, 0.6) is 0 Å². The second kappa shape index (κ2) is 12.5. The summed E-state index contributed by atoms with van der Waals surface area (Å²) < 4.78 is 0. The molecule has 0 radical (unpaired) electrons. The number of rotatable bonds is 7. The molecule has 3 amide bonds. The first-order valence-corrected chi connectivity index (χ1v) is 15.9. The molecule has 1 saturated carbocycles. The van der Waals surface area contributed by atoms with Crippen LogP contribution in [-0.2, 0) is 27.2 Å². The fraction of sp³-hybridized carbons (Fsp3) is 0.382. The average Bonchev–Trinajstić information content (AvgIpc) is 3.33. The fourth-order valence-corrected chi connectivity index (χ4v) is 7.57. The highest BCUT2D eigenvalue weighted by Crippen LogP contribution is 2.36. The first kappa shape index (κ1) is 28.2. The molecule has 6 rings (SSSR count). The van der Waals surface area contributed by atoms with Crippen molar-refractivity contribution in [1.82, 2.24) is 9.88 Å². The molecule has 2 unspecified atom stereocenters. The number of aromatic nitrogens is 1. The Balaban J connectivity index is 1.20. The third-order valence-electron chi connectivity index (χ3n) is 8.80. The highest BCUT2D eigenvalue weighted by molar-refractivity contribution is 8.00. The summed E-state index contributed by atoms with van der Waals surface area (Å²) in [5.41, 5.74) is 4.41. The van der Waals surface area contributed by atoms with Gasteiger partial charge in [-0.1, -0.05) is 79.6 Å². The summed E-state index contributed by atoms with van der Waals surface area (Å²) in [6.45, 7) is 0. The molecule has 2 atom stereocenters. The van der Waals surface area contributed by atoms with Crippen LogP contribution in [0.2, 0.25) is 0 Å². The number of para-hydroxylation sites is 1. The summed E-state index contributed by atoms with van der Waals surface area (Å²) in [5.74, 6) is -0.340. The van der Waals surface area contributed by atoms with Crippen LogP contribution < -0.4 is 4.90 Å². The molecular weight excluding hydrogens is 544 g/mol. The number of carbonyl (C=O) groups excluding carboxylic acids is 3. The molecule has 0 spiro atoms. The number of anilines is 1. The van der Waals surface area contributed by atoms with Crippen molar-refractivity contribution in [2.24, 2.45) is 0 Å². The van der Waals surface area contributed by atoms with E-state index in [0.29, 0.717) is 22.2 Å². The standard InChI is InChI=1S/C34H34N4O3S/c35-21-26-19-25-18-24(23-10-4-1-5-11-23)16-17-29(25)36-33(26)42-22-32(40)37(27-12-6-2-7-13-27)30-20-31(39)38(34(30)41)28-14-8-3-9-15-28/h1,3-5,8-11,14-15,19,24,27,30H,2,6-7,12-13,16-18,20,22H2. The van der Waals surface area contributed by atoms with Gasteiger partial charge in [0.05, 0.1) is 23.4 Å². The molecule has 3 aliphatic rings. The van der Waals surface area contributed by atoms with Crippen molar-refractivity contribution in [3.8, 4) is 6.07 Å². The van der Waals surface area contributed by atoms with Crippen LogP contribution in [-0.4, -0.2) is 45.4 Å². The number of hydrogen-bond donors (Lipinski definition) is 0. The first-order chi connectivity index (χ1) is 20.5. The summed E-state index contributed by atoms with van der Waals surface area (Å²) in [7, 11) is 0. The number of nitriles is 1. The van der Waals surface area contributed by atoms with Crippen LogP contribution in [0.15, 0.2) is 71.8 Å². The summed E-state index contributed by atoms with van der Waals surface area (Å²) in [6, 6.07) is 22.7. The number of pyridine rings is 1. The number of thioether (sulfide) groups is 1. The van der Waals surface area contributed by atoms with Crippen molar-refractivity contribution < 1.29 is 14.4 Å². The summed E-state index contributed by atoms with van der Waals surface area (Å²) in [6.07, 6.45) is 7.39. The smallest absolute Gasteiger partial charge is 0.257 e. The number of imide groups is 1. The Morgan fingerprint density at radius 3 is 2.40 bits per heavy atom. The number of amides is 3. The molecule has 3 aromatic rings. The predicted molar refractivity (Wildman–Crippen MR) is 162 cm³/mol. The lowest BCUT2D eigenvalue weighted by atomic mass is 9.82. The van der Waals surface area contributed by atoms with Crippen LogP contribution >= 0.6 is 11.8 Å². The summed E-state index contributed by atoms with van der Waals surface area (Å²) >= 11 is 1.27. The van der Waals surface area contributed by atoms with Gasteiger partial charge in [-0.3, -0.25) is 14.4 Å². The minimum atomic E-state index is -0.809. The SMILES string of the molecule is N#Cc1cc2c(nc1SCC(=O)N(C1CCCCC1)C1CC(=O)N(c3ccccc3)C1=O)CCC(c1ccccc1)C2. The van der Waals surface area contributed by atoms with E-state index in [4.69, 9.17) is 4.98 Å². The van der Waals surface area contributed by atoms with Gasteiger partial charge in [0.1, 0.15) is 17.1 Å². The van der Waals surface area contributed by atoms with E-state index in [1.807, 2.05) is 18.2 Å². The maximum Gasteiger partial charge on any atom is 0.257 e. The zero-order valence-electron chi connectivity index (χ0n) is 23.6. The second-order valence-electron chi connectivity index (χ2n) is 11.4. The topological polar surface area (TPSA) is 94.4 Å². The van der Waals surface area contributed by atoms with Crippen molar-refractivity contribution in [3.05, 3.63) is 89.1 Å². The molecule has 0 N–H and O–H groups in total. The predicted octanol–water partition coefficient (Wildman–Crippen LogP) is 5.81. The van der Waals surface area contributed by atoms with Crippen LogP contribution in [0.1, 0.15) is 73.2 Å². The molecule has 1 aliphatic heterocycles. The van der Waals surface area contributed by atoms with Crippen LogP contribution in [0.3, 0.4) is 0 Å². The van der Waals surface area contributed by atoms with E-state index >= 15 is 0 Å². The van der Waals surface area contributed by atoms with Gasteiger partial charge in [0.2, 0.25) is 11.8 Å². The van der Waals surface area contributed by atoms with E-state index < -0.39 is 6.04 Å². The zero-order chi connectivity index (χ0) is 29.1. The van der Waals surface area contributed by atoms with Gasteiger partial charge >= 0.3 is 0 Å². The quantitative estimate of drug-likeness (QED) is 0.259. The van der Waals surface area contributed by atoms with E-state index in [0.717, 1.165) is 62.6 Å². The minimum Gasteiger partial charge on any atom is -0.326 e. The van der Waals surface area contributed by atoms with Gasteiger partial charge in [-0.15, -0.1) is 0 Å². The lowest BCUT2D eigenvalue weighted by Gasteiger charge is -2.37. The van der Waals surface area contributed by atoms with Gasteiger partial charge < -0.3 is 4.90 Å². The Hall–Kier alpha value is -3.96. The highest BCUT2D eigenvalue weighted by Gasteiger charge is 2.46. The molecule has 2 heterocycles. The Kier molecular flexibility index (Phi) is 8.38. The van der Waals surface area contributed by atoms with E-state index in [-0.39, 0.29) is 35.9 Å². The van der Waals surface area contributed by atoms with Gasteiger partial charge in [0.15, 0.2) is 0 Å². The molecular formula is C34H34N4O3S. The summed E-state index contributed by atoms with van der Waals surface area (Å²) in [4.78, 5) is 48.3. The fourth-order valence-electron chi connectivity index (χ4n) is 6.72. The van der Waals surface area contributed by atoms with Gasteiger partial charge in [-0.05, 0) is 67.3 Å². The normalized spacial score (nSPS) is 20.7. The van der Waals surface area contributed by atoms with Crippen molar-refractivity contribution in [2.75, 3.05) is 10.7 Å². The monoisotopic (exact) mass is 578 g/mol. The molecule has 0 bridgehead atoms. The van der Waals surface area contributed by atoms with Crippen LogP contribution in [0, 0.1) is 11.3 Å². The third-order valence-corrected chi connectivity index (χ3v) is 9.78. The number of hydrogen-bond acceptors (Lipinski definition) is 6. The van der Waals surface area contributed by atoms with Crippen LogP contribution in [0.4, 0.5) is 5.69 Å². The van der Waals surface area contributed by atoms with Gasteiger partial charge in [0.25, 0.3) is 5.91 Å². The zero-order valence-corrected chi connectivity index (χ0v) is 24.4. The molecule has 2 aliphatic carbocycles. The molecule has 214 valence electrons. The van der Waals surface area contributed by atoms with Crippen molar-refractivity contribution in [1.29, 1.82) is 5.26 Å². The maximum atomic E-state index is 13.9. The Morgan fingerprint density at radius 2 is 1.69 bits per heavy atom. The Labute approximate surface area is 250 Å². The number of nitrogens with zero attached hydrogens (tertiary/aromatic N) is 4. The number of carbonyl (C=O) groups is 3. The molecule has 2 fully saturated rings. The average molecular weight is 579 g/mol. The van der Waals surface area contributed by atoms with E-state index in [2.05, 4.69) is 30.3 Å². The van der Waals surface area contributed by atoms with Crippen LogP contribution in [0.25, 0.3) is 0 Å². The lowest BCUT2D eigenvalue weighted by molar-refractivity contribution is -0.139. The number of fused-ring (bicyclic) bond motifs is 1. The van der Waals surface area contributed by atoms with Crippen molar-refractivity contribution in [2.45, 2.75) is 80.8 Å². The lowest BCUT2D eigenvalue weighted by Crippen LogP contribution is -2.52. The van der Waals surface area contributed by atoms with Crippen molar-refractivity contribution in [3.63, 3.8) is 0 Å². The van der Waals surface area contributed by atoms with E-state index in [1.165, 1.54) is 22.2 Å². The van der Waals surface area contributed by atoms with E-state index in [9.17, 15) is 19.6 Å². The van der Waals surface area contributed by atoms with Gasteiger partial charge in [0, 0.05) is 11.7 Å². The third kappa shape index (κ3) is 5.71. The van der Waals surface area contributed by atoms with Gasteiger partial charge in [-0.2, -0.15) is 5.26 Å².